The van der Waals surface area contributed by atoms with Crippen molar-refractivity contribution < 1.29 is 0 Å². The molecule has 3 atom stereocenters. The fourth-order valence-corrected chi connectivity index (χ4v) is 2.91. The summed E-state index contributed by atoms with van der Waals surface area (Å²) in [5.74, 6) is 0.784. The number of hydrogen-bond donors (Lipinski definition) is 1. The molecule has 1 heterocycles. The van der Waals surface area contributed by atoms with Crippen LogP contribution in [-0.2, 0) is 0 Å². The van der Waals surface area contributed by atoms with E-state index < -0.39 is 0 Å². The average Bonchev–Trinajstić information content (AvgIpc) is 2.40. The number of rotatable bonds is 3. The molecule has 0 aliphatic carbocycles. The van der Waals surface area contributed by atoms with E-state index >= 15 is 0 Å². The first-order valence-corrected chi connectivity index (χ1v) is 7.24. The molecule has 0 amide bonds. The van der Waals surface area contributed by atoms with Gasteiger partial charge in [0.25, 0.3) is 0 Å². The van der Waals surface area contributed by atoms with Crippen LogP contribution >= 0.6 is 0 Å². The smallest absolute Gasteiger partial charge is 0.0417 e. The summed E-state index contributed by atoms with van der Waals surface area (Å²) in [6.07, 6.45) is 3.63. The van der Waals surface area contributed by atoms with E-state index in [1.54, 1.807) is 0 Å². The van der Waals surface area contributed by atoms with Gasteiger partial charge in [0.15, 0.2) is 0 Å². The highest BCUT2D eigenvalue weighted by atomic mass is 15.2. The van der Waals surface area contributed by atoms with E-state index in [0.29, 0.717) is 6.04 Å². The van der Waals surface area contributed by atoms with E-state index in [2.05, 4.69) is 49.9 Å². The Morgan fingerprint density at radius 3 is 2.72 bits per heavy atom. The largest absolute Gasteiger partial charge is 0.368 e. The van der Waals surface area contributed by atoms with Crippen molar-refractivity contribution in [3.05, 3.63) is 29.8 Å². The molecule has 2 unspecified atom stereocenters. The maximum absolute atomic E-state index is 6.26. The van der Waals surface area contributed by atoms with Crippen LogP contribution in [0, 0.1) is 5.92 Å². The third-order valence-corrected chi connectivity index (χ3v) is 4.20. The number of nitrogens with zero attached hydrogens (tertiary/aromatic N) is 1. The number of piperidine rings is 1. The van der Waals surface area contributed by atoms with Crippen LogP contribution in [0.1, 0.15) is 51.6 Å². The van der Waals surface area contributed by atoms with Crippen molar-refractivity contribution in [3.63, 3.8) is 0 Å². The molecule has 0 spiro atoms. The standard InChI is InChI=1S/C16H26N2/c1-4-15(17)14-7-5-6-8-16(14)18-11-12(2)9-10-13(18)3/h5-8,12-13,15H,4,9-11,17H2,1-3H3/t12?,13?,15-/m0/s1. The zero-order valence-corrected chi connectivity index (χ0v) is 11.9. The fourth-order valence-electron chi connectivity index (χ4n) is 2.91. The third kappa shape index (κ3) is 2.69. The maximum atomic E-state index is 6.26. The first-order chi connectivity index (χ1) is 8.63. The second-order valence-corrected chi connectivity index (χ2v) is 5.76. The summed E-state index contributed by atoms with van der Waals surface area (Å²) < 4.78 is 0. The minimum absolute atomic E-state index is 0.158. The monoisotopic (exact) mass is 246 g/mol. The summed E-state index contributed by atoms with van der Waals surface area (Å²) in [6, 6.07) is 9.45. The number of hydrogen-bond acceptors (Lipinski definition) is 2. The van der Waals surface area contributed by atoms with Crippen LogP contribution < -0.4 is 10.6 Å². The molecule has 2 N–H and O–H groups in total. The summed E-state index contributed by atoms with van der Waals surface area (Å²) in [5, 5.41) is 0. The Morgan fingerprint density at radius 2 is 2.00 bits per heavy atom. The lowest BCUT2D eigenvalue weighted by Gasteiger charge is -2.40. The van der Waals surface area contributed by atoms with Crippen molar-refractivity contribution in [2.45, 2.75) is 52.1 Å². The molecule has 1 aromatic rings. The summed E-state index contributed by atoms with van der Waals surface area (Å²) >= 11 is 0. The minimum atomic E-state index is 0.158. The molecule has 0 aromatic heterocycles. The lowest BCUT2D eigenvalue weighted by atomic mass is 9.92. The number of nitrogens with two attached hydrogens (primary N) is 1. The van der Waals surface area contributed by atoms with Gasteiger partial charge in [-0.25, -0.2) is 0 Å². The molecule has 1 aliphatic rings. The first kappa shape index (κ1) is 13.4. The molecule has 2 heteroatoms. The molecule has 2 nitrogen and oxygen atoms in total. The van der Waals surface area contributed by atoms with Gasteiger partial charge < -0.3 is 10.6 Å². The normalized spacial score (nSPS) is 26.1. The van der Waals surface area contributed by atoms with Gasteiger partial charge in [0, 0.05) is 24.3 Å². The van der Waals surface area contributed by atoms with Gasteiger partial charge >= 0.3 is 0 Å². The van der Waals surface area contributed by atoms with Gasteiger partial charge in [-0.05, 0) is 43.7 Å². The highest BCUT2D eigenvalue weighted by molar-refractivity contribution is 5.56. The predicted molar refractivity (Wildman–Crippen MR) is 78.9 cm³/mol. The van der Waals surface area contributed by atoms with E-state index in [4.69, 9.17) is 5.73 Å². The summed E-state index contributed by atoms with van der Waals surface area (Å²) in [5.41, 5.74) is 8.91. The van der Waals surface area contributed by atoms with Crippen molar-refractivity contribution in [2.75, 3.05) is 11.4 Å². The lowest BCUT2D eigenvalue weighted by molar-refractivity contribution is 0.389. The minimum Gasteiger partial charge on any atom is -0.368 e. The molecule has 1 aliphatic heterocycles. The molecular formula is C16H26N2. The van der Waals surface area contributed by atoms with E-state index in [9.17, 15) is 0 Å². The zero-order chi connectivity index (χ0) is 13.1. The van der Waals surface area contributed by atoms with Gasteiger partial charge in [0.2, 0.25) is 0 Å². The molecule has 0 radical (unpaired) electrons. The van der Waals surface area contributed by atoms with Gasteiger partial charge in [-0.15, -0.1) is 0 Å². The van der Waals surface area contributed by atoms with Crippen LogP contribution in [0.15, 0.2) is 24.3 Å². The van der Waals surface area contributed by atoms with E-state index in [1.807, 2.05) is 0 Å². The Labute approximate surface area is 111 Å². The van der Waals surface area contributed by atoms with Crippen LogP contribution in [0.25, 0.3) is 0 Å². The second-order valence-electron chi connectivity index (χ2n) is 5.76. The topological polar surface area (TPSA) is 29.3 Å². The molecule has 0 bridgehead atoms. The highest BCUT2D eigenvalue weighted by Crippen LogP contribution is 2.32. The van der Waals surface area contributed by atoms with Crippen LogP contribution in [0.3, 0.4) is 0 Å². The molecule has 18 heavy (non-hydrogen) atoms. The molecule has 1 aromatic carbocycles. The maximum Gasteiger partial charge on any atom is 0.0417 e. The Balaban J connectivity index is 2.31. The summed E-state index contributed by atoms with van der Waals surface area (Å²) in [7, 11) is 0. The van der Waals surface area contributed by atoms with Crippen molar-refractivity contribution in [3.8, 4) is 0 Å². The highest BCUT2D eigenvalue weighted by Gasteiger charge is 2.25. The second kappa shape index (κ2) is 5.75. The van der Waals surface area contributed by atoms with Crippen LogP contribution in [0.5, 0.6) is 0 Å². The molecule has 0 saturated carbocycles. The van der Waals surface area contributed by atoms with E-state index in [0.717, 1.165) is 18.9 Å². The van der Waals surface area contributed by atoms with Gasteiger partial charge in [-0.1, -0.05) is 32.0 Å². The predicted octanol–water partition coefficient (Wildman–Crippen LogP) is 3.72. The number of benzene rings is 1. The van der Waals surface area contributed by atoms with Crippen LogP contribution in [0.4, 0.5) is 5.69 Å². The van der Waals surface area contributed by atoms with Gasteiger partial charge in [0.05, 0.1) is 0 Å². The van der Waals surface area contributed by atoms with Crippen molar-refractivity contribution >= 4 is 5.69 Å². The Morgan fingerprint density at radius 1 is 1.28 bits per heavy atom. The van der Waals surface area contributed by atoms with Gasteiger partial charge in [-0.3, -0.25) is 0 Å². The fraction of sp³-hybridized carbons (Fsp3) is 0.625. The summed E-state index contributed by atoms with van der Waals surface area (Å²) in [4.78, 5) is 2.55. The molecule has 100 valence electrons. The number of para-hydroxylation sites is 1. The SMILES string of the molecule is CC[C@H](N)c1ccccc1N1CC(C)CCC1C. The Kier molecular flexibility index (Phi) is 4.28. The Bertz CT molecular complexity index is 388. The number of anilines is 1. The third-order valence-electron chi connectivity index (χ3n) is 4.20. The van der Waals surface area contributed by atoms with Crippen LogP contribution in [0.2, 0.25) is 0 Å². The van der Waals surface area contributed by atoms with Crippen molar-refractivity contribution in [1.29, 1.82) is 0 Å². The molecule has 1 saturated heterocycles. The lowest BCUT2D eigenvalue weighted by Crippen LogP contribution is -2.41. The molecule has 1 fully saturated rings. The van der Waals surface area contributed by atoms with E-state index in [-0.39, 0.29) is 6.04 Å². The van der Waals surface area contributed by atoms with Crippen molar-refractivity contribution in [2.24, 2.45) is 11.7 Å². The summed E-state index contributed by atoms with van der Waals surface area (Å²) in [6.45, 7) is 8.00. The molecule has 2 rings (SSSR count). The van der Waals surface area contributed by atoms with E-state index in [1.165, 1.54) is 24.1 Å². The first-order valence-electron chi connectivity index (χ1n) is 7.24. The quantitative estimate of drug-likeness (QED) is 0.880. The van der Waals surface area contributed by atoms with Crippen molar-refractivity contribution in [1.82, 2.24) is 0 Å². The molecular weight excluding hydrogens is 220 g/mol. The van der Waals surface area contributed by atoms with Gasteiger partial charge in [0.1, 0.15) is 0 Å². The zero-order valence-electron chi connectivity index (χ0n) is 11.9. The van der Waals surface area contributed by atoms with Crippen LogP contribution in [-0.4, -0.2) is 12.6 Å². The average molecular weight is 246 g/mol. The Hall–Kier alpha value is -1.02. The van der Waals surface area contributed by atoms with Gasteiger partial charge in [-0.2, -0.15) is 0 Å².